The maximum atomic E-state index is 13.5. The summed E-state index contributed by atoms with van der Waals surface area (Å²) in [5.41, 5.74) is 2.96. The Labute approximate surface area is 209 Å². The molecule has 3 heterocycles. The number of hydrogen-bond acceptors (Lipinski definition) is 8. The third-order valence-corrected chi connectivity index (χ3v) is 8.11. The van der Waals surface area contributed by atoms with Gasteiger partial charge in [-0.15, -0.1) is 0 Å². The number of nitrogens with zero attached hydrogens (tertiary/aromatic N) is 4. The molecule has 35 heavy (non-hydrogen) atoms. The van der Waals surface area contributed by atoms with Gasteiger partial charge in [-0.05, 0) is 68.2 Å². The van der Waals surface area contributed by atoms with Crippen molar-refractivity contribution in [3.05, 3.63) is 36.0 Å². The van der Waals surface area contributed by atoms with Crippen LogP contribution in [0.4, 0.5) is 27.5 Å². The fraction of sp³-hybridized carbons (Fsp3) is 0.560. The number of alkyl halides is 1. The zero-order valence-corrected chi connectivity index (χ0v) is 20.7. The highest BCUT2D eigenvalue weighted by Gasteiger charge is 2.44. The predicted molar refractivity (Wildman–Crippen MR) is 139 cm³/mol. The van der Waals surface area contributed by atoms with E-state index in [2.05, 4.69) is 24.9 Å². The van der Waals surface area contributed by atoms with Gasteiger partial charge in [0.1, 0.15) is 12.0 Å². The Kier molecular flexibility index (Phi) is 7.29. The number of nitrogens with one attached hydrogen (secondary N) is 2. The van der Waals surface area contributed by atoms with Crippen LogP contribution in [0.2, 0.25) is 0 Å². The Bertz CT molecular complexity index is 1030. The molecule has 2 aromatic rings. The van der Waals surface area contributed by atoms with E-state index in [0.717, 1.165) is 37.3 Å². The van der Waals surface area contributed by atoms with Crippen LogP contribution in [0.15, 0.2) is 30.5 Å². The summed E-state index contributed by atoms with van der Waals surface area (Å²) in [6.07, 6.45) is 6.78. The van der Waals surface area contributed by atoms with Gasteiger partial charge in [-0.1, -0.05) is 11.9 Å². The number of aromatic nitrogens is 2. The van der Waals surface area contributed by atoms with Gasteiger partial charge in [-0.25, -0.2) is 9.37 Å². The molecular weight excluding hydrogens is 467 g/mol. The molecule has 5 rings (SSSR count). The van der Waals surface area contributed by atoms with Gasteiger partial charge in [-0.2, -0.15) is 4.98 Å². The third kappa shape index (κ3) is 5.81. The normalized spacial score (nSPS) is 19.6. The van der Waals surface area contributed by atoms with E-state index in [0.29, 0.717) is 54.4 Å². The second-order valence-corrected chi connectivity index (χ2v) is 10.7. The first-order valence-electron chi connectivity index (χ1n) is 12.5. The fourth-order valence-corrected chi connectivity index (χ4v) is 5.42. The van der Waals surface area contributed by atoms with Crippen molar-refractivity contribution in [1.82, 2.24) is 9.97 Å². The minimum absolute atomic E-state index is 0.103. The molecule has 0 unspecified atom stereocenters. The first-order valence-corrected chi connectivity index (χ1v) is 13.4. The molecule has 3 aliphatic rings. The summed E-state index contributed by atoms with van der Waals surface area (Å²) >= 11 is 1.44. The van der Waals surface area contributed by atoms with E-state index in [-0.39, 0.29) is 12.5 Å². The van der Waals surface area contributed by atoms with Gasteiger partial charge in [0.25, 0.3) is 5.91 Å². The van der Waals surface area contributed by atoms with Crippen molar-refractivity contribution in [3.8, 4) is 0 Å². The number of rotatable bonds is 8. The number of carbonyl (C=O) groups is 1. The van der Waals surface area contributed by atoms with E-state index in [1.165, 1.54) is 24.8 Å². The summed E-state index contributed by atoms with van der Waals surface area (Å²) in [6.45, 7) is 3.13. The Hall–Kier alpha value is -2.59. The Morgan fingerprint density at radius 2 is 1.89 bits per heavy atom. The van der Waals surface area contributed by atoms with Gasteiger partial charge in [0.2, 0.25) is 5.95 Å². The minimum Gasteiger partial charge on any atom is -0.395 e. The second kappa shape index (κ2) is 10.6. The Morgan fingerprint density at radius 1 is 1.11 bits per heavy atom. The molecular formula is C25H33FN6O2S. The lowest BCUT2D eigenvalue weighted by Crippen LogP contribution is -2.36. The van der Waals surface area contributed by atoms with Crippen molar-refractivity contribution < 1.29 is 14.3 Å². The second-order valence-electron chi connectivity index (χ2n) is 9.75. The molecule has 1 aliphatic carbocycles. The van der Waals surface area contributed by atoms with E-state index in [1.54, 1.807) is 12.3 Å². The summed E-state index contributed by atoms with van der Waals surface area (Å²) in [4.78, 5) is 26.5. The standard InChI is InChI=1S/C25H33FN6O2S/c26-18-4-11-32(12-5-18)24-27-10-3-22(29-24)28-23(34)20-2-1-19(30-35-16-15-33)17-21(20)31-13-8-25(6-7-25)9-14-31/h1-3,10,17-18,30,33H,4-9,11-16H2,(H,27,28,29,34). The number of aliphatic hydroxyl groups is 1. The minimum atomic E-state index is -0.767. The highest BCUT2D eigenvalue weighted by Crippen LogP contribution is 2.54. The largest absolute Gasteiger partial charge is 0.395 e. The lowest BCUT2D eigenvalue weighted by molar-refractivity contribution is 0.102. The Balaban J connectivity index is 1.33. The van der Waals surface area contributed by atoms with Crippen molar-refractivity contribution in [2.24, 2.45) is 5.41 Å². The molecule has 2 saturated heterocycles. The zero-order valence-electron chi connectivity index (χ0n) is 19.9. The van der Waals surface area contributed by atoms with E-state index in [9.17, 15) is 9.18 Å². The number of hydrogen-bond donors (Lipinski definition) is 3. The van der Waals surface area contributed by atoms with E-state index >= 15 is 0 Å². The van der Waals surface area contributed by atoms with Crippen LogP contribution in [0.1, 0.15) is 48.9 Å². The number of carbonyl (C=O) groups excluding carboxylic acids is 1. The monoisotopic (exact) mass is 500 g/mol. The van der Waals surface area contributed by atoms with Crippen LogP contribution in [-0.4, -0.2) is 65.7 Å². The Morgan fingerprint density at radius 3 is 2.60 bits per heavy atom. The van der Waals surface area contributed by atoms with E-state index in [4.69, 9.17) is 5.11 Å². The smallest absolute Gasteiger partial charge is 0.258 e. The van der Waals surface area contributed by atoms with Crippen LogP contribution in [0.3, 0.4) is 0 Å². The number of halogens is 1. The summed E-state index contributed by atoms with van der Waals surface area (Å²) in [7, 11) is 0. The first kappa shape index (κ1) is 24.1. The lowest BCUT2D eigenvalue weighted by Gasteiger charge is -2.35. The zero-order chi connectivity index (χ0) is 24.3. The molecule has 188 valence electrons. The maximum absolute atomic E-state index is 13.5. The highest BCUT2D eigenvalue weighted by molar-refractivity contribution is 8.00. The molecule has 10 heteroatoms. The molecule has 1 aromatic carbocycles. The fourth-order valence-electron chi connectivity index (χ4n) is 4.93. The molecule has 1 aromatic heterocycles. The molecule has 8 nitrogen and oxygen atoms in total. The summed E-state index contributed by atoms with van der Waals surface area (Å²) in [5, 5.41) is 12.0. The lowest BCUT2D eigenvalue weighted by atomic mass is 9.93. The van der Waals surface area contributed by atoms with Gasteiger partial charge >= 0.3 is 0 Å². The number of amides is 1. The topological polar surface area (TPSA) is 93.6 Å². The molecule has 2 aliphatic heterocycles. The van der Waals surface area contributed by atoms with E-state index < -0.39 is 6.17 Å². The SMILES string of the molecule is O=C(Nc1ccnc(N2CCC(F)CC2)n1)c1ccc(NSCCO)cc1N1CCC2(CC1)CC2. The van der Waals surface area contributed by atoms with Crippen LogP contribution in [0, 0.1) is 5.41 Å². The number of benzene rings is 1. The van der Waals surface area contributed by atoms with Gasteiger partial charge in [-0.3, -0.25) is 4.79 Å². The quantitative estimate of drug-likeness (QED) is 0.369. The van der Waals surface area contributed by atoms with Crippen molar-refractivity contribution in [3.63, 3.8) is 0 Å². The van der Waals surface area contributed by atoms with Crippen molar-refractivity contribution >= 4 is 41.0 Å². The molecule has 3 N–H and O–H groups in total. The molecule has 0 radical (unpaired) electrons. The first-order chi connectivity index (χ1) is 17.0. The average Bonchev–Trinajstić information content (AvgIpc) is 3.64. The maximum Gasteiger partial charge on any atom is 0.258 e. The van der Waals surface area contributed by atoms with Crippen LogP contribution in [0.5, 0.6) is 0 Å². The van der Waals surface area contributed by atoms with Crippen molar-refractivity contribution in [1.29, 1.82) is 0 Å². The number of anilines is 4. The molecule has 0 atom stereocenters. The van der Waals surface area contributed by atoms with Crippen LogP contribution >= 0.6 is 11.9 Å². The van der Waals surface area contributed by atoms with Gasteiger partial charge in [0.15, 0.2) is 0 Å². The average molecular weight is 501 g/mol. The van der Waals surface area contributed by atoms with Gasteiger partial charge in [0.05, 0.1) is 17.9 Å². The van der Waals surface area contributed by atoms with Crippen LogP contribution in [-0.2, 0) is 0 Å². The molecule has 0 bridgehead atoms. The molecule has 1 spiro atoms. The predicted octanol–water partition coefficient (Wildman–Crippen LogP) is 4.10. The van der Waals surface area contributed by atoms with Gasteiger partial charge < -0.3 is 24.9 Å². The summed E-state index contributed by atoms with van der Waals surface area (Å²) in [6, 6.07) is 7.45. The molecule has 3 fully saturated rings. The van der Waals surface area contributed by atoms with Crippen molar-refractivity contribution in [2.45, 2.75) is 44.7 Å². The molecule has 1 amide bonds. The molecule has 1 saturated carbocycles. The highest BCUT2D eigenvalue weighted by atomic mass is 32.2. The van der Waals surface area contributed by atoms with Crippen LogP contribution < -0.4 is 19.8 Å². The van der Waals surface area contributed by atoms with Gasteiger partial charge in [0, 0.05) is 43.8 Å². The van der Waals surface area contributed by atoms with Crippen molar-refractivity contribution in [2.75, 3.05) is 58.4 Å². The summed E-state index contributed by atoms with van der Waals surface area (Å²) < 4.78 is 16.8. The third-order valence-electron chi connectivity index (χ3n) is 7.34. The summed E-state index contributed by atoms with van der Waals surface area (Å²) in [5.74, 6) is 1.32. The van der Waals surface area contributed by atoms with Crippen LogP contribution in [0.25, 0.3) is 0 Å². The number of aliphatic hydroxyl groups excluding tert-OH is 1. The number of piperidine rings is 2. The van der Waals surface area contributed by atoms with E-state index in [1.807, 2.05) is 23.1 Å².